The van der Waals surface area contributed by atoms with Crippen LogP contribution in [0.2, 0.25) is 0 Å². The van der Waals surface area contributed by atoms with E-state index >= 15 is 0 Å². The minimum atomic E-state index is -1.29. The maximum Gasteiger partial charge on any atom is 0.305 e. The first-order chi connectivity index (χ1) is 19.2. The van der Waals surface area contributed by atoms with Gasteiger partial charge in [0.2, 0.25) is 17.7 Å². The molecule has 206 valence electrons. The Labute approximate surface area is 229 Å². The number of nitrogens with zero attached hydrogens (tertiary/aromatic N) is 2. The van der Waals surface area contributed by atoms with Gasteiger partial charge in [-0.3, -0.25) is 28.9 Å². The van der Waals surface area contributed by atoms with Crippen molar-refractivity contribution in [2.24, 2.45) is 0 Å². The summed E-state index contributed by atoms with van der Waals surface area (Å²) >= 11 is 0. The molecular formula is C29H28N4O7. The average molecular weight is 545 g/mol. The van der Waals surface area contributed by atoms with Crippen LogP contribution in [0.1, 0.15) is 30.1 Å². The van der Waals surface area contributed by atoms with Gasteiger partial charge in [-0.15, -0.1) is 0 Å². The quantitative estimate of drug-likeness (QED) is 0.366. The molecule has 0 saturated carbocycles. The van der Waals surface area contributed by atoms with E-state index in [1.807, 2.05) is 18.2 Å². The zero-order valence-corrected chi connectivity index (χ0v) is 21.7. The Morgan fingerprint density at radius 1 is 1.00 bits per heavy atom. The first kappa shape index (κ1) is 28.0. The second-order valence-corrected chi connectivity index (χ2v) is 9.33. The topological polar surface area (TPSA) is 153 Å². The average Bonchev–Trinajstić information content (AvgIpc) is 2.93. The molecule has 4 rings (SSSR count). The van der Waals surface area contributed by atoms with E-state index in [1.165, 1.54) is 11.8 Å². The van der Waals surface area contributed by atoms with Crippen LogP contribution in [0, 0.1) is 0 Å². The van der Waals surface area contributed by atoms with E-state index in [0.29, 0.717) is 22.9 Å². The number of carboxylic acid groups (broad SMARTS) is 1. The van der Waals surface area contributed by atoms with Crippen molar-refractivity contribution in [2.75, 3.05) is 22.9 Å². The number of aldehydes is 1. The molecule has 3 N–H and O–H groups in total. The van der Waals surface area contributed by atoms with Gasteiger partial charge in [-0.1, -0.05) is 48.5 Å². The standard InChI is InChI=1S/C29H28N4O7/c1-18(35)32-14-13-23(31-28(39)22-10-6-8-19-7-2-3-9-21(19)22)29(40)33(25-12-5-4-11-24(25)32)16-26(36)30-20(17-34)15-27(37)38/h2-12,17,20,23H,13-16H2,1H3,(H,30,36)(H,31,39)(H,37,38)/t20-,23-/m0/s1. The molecule has 11 nitrogen and oxygen atoms in total. The highest BCUT2D eigenvalue weighted by atomic mass is 16.4. The number of hydrogen-bond acceptors (Lipinski definition) is 6. The number of nitrogens with one attached hydrogen (secondary N) is 2. The molecule has 40 heavy (non-hydrogen) atoms. The van der Waals surface area contributed by atoms with Crippen LogP contribution in [0.3, 0.4) is 0 Å². The molecular weight excluding hydrogens is 516 g/mol. The Morgan fingerprint density at radius 2 is 1.68 bits per heavy atom. The summed E-state index contributed by atoms with van der Waals surface area (Å²) in [6.07, 6.45) is -0.251. The Bertz CT molecular complexity index is 1480. The van der Waals surface area contributed by atoms with Gasteiger partial charge in [0, 0.05) is 19.0 Å². The number of carbonyl (C=O) groups excluding carboxylic acids is 5. The summed E-state index contributed by atoms with van der Waals surface area (Å²) in [6, 6.07) is 16.7. The summed E-state index contributed by atoms with van der Waals surface area (Å²) in [5.41, 5.74) is 1.01. The van der Waals surface area contributed by atoms with Gasteiger partial charge in [0.1, 0.15) is 18.9 Å². The molecule has 1 aliphatic rings. The van der Waals surface area contributed by atoms with Crippen molar-refractivity contribution in [1.29, 1.82) is 0 Å². The summed E-state index contributed by atoms with van der Waals surface area (Å²) in [5.74, 6) is -3.45. The monoisotopic (exact) mass is 544 g/mol. The summed E-state index contributed by atoms with van der Waals surface area (Å²) in [5, 5.41) is 15.6. The molecule has 1 aliphatic heterocycles. The molecule has 0 fully saturated rings. The van der Waals surface area contributed by atoms with Crippen molar-refractivity contribution in [3.8, 4) is 0 Å². The minimum Gasteiger partial charge on any atom is -0.481 e. The number of fused-ring (bicyclic) bond motifs is 2. The van der Waals surface area contributed by atoms with E-state index in [9.17, 15) is 28.8 Å². The molecule has 1 heterocycles. The third-order valence-corrected chi connectivity index (χ3v) is 6.60. The van der Waals surface area contributed by atoms with Gasteiger partial charge < -0.3 is 25.4 Å². The van der Waals surface area contributed by atoms with Gasteiger partial charge in [-0.05, 0) is 35.4 Å². The van der Waals surface area contributed by atoms with Crippen LogP contribution in [0.15, 0.2) is 66.7 Å². The fourth-order valence-electron chi connectivity index (χ4n) is 4.73. The fourth-order valence-corrected chi connectivity index (χ4v) is 4.73. The Balaban J connectivity index is 1.68. The van der Waals surface area contributed by atoms with E-state index in [-0.39, 0.29) is 24.6 Å². The van der Waals surface area contributed by atoms with Gasteiger partial charge in [0.25, 0.3) is 5.91 Å². The van der Waals surface area contributed by atoms with Gasteiger partial charge in [-0.2, -0.15) is 0 Å². The first-order valence-corrected chi connectivity index (χ1v) is 12.6. The number of benzene rings is 3. The van der Waals surface area contributed by atoms with Crippen LogP contribution >= 0.6 is 0 Å². The van der Waals surface area contributed by atoms with Crippen molar-refractivity contribution in [3.63, 3.8) is 0 Å². The van der Waals surface area contributed by atoms with E-state index in [2.05, 4.69) is 10.6 Å². The van der Waals surface area contributed by atoms with Gasteiger partial charge in [-0.25, -0.2) is 0 Å². The van der Waals surface area contributed by atoms with E-state index < -0.39 is 48.7 Å². The summed E-state index contributed by atoms with van der Waals surface area (Å²) in [4.78, 5) is 77.7. The lowest BCUT2D eigenvalue weighted by atomic mass is 10.0. The van der Waals surface area contributed by atoms with Gasteiger partial charge >= 0.3 is 5.97 Å². The second-order valence-electron chi connectivity index (χ2n) is 9.33. The van der Waals surface area contributed by atoms with Crippen molar-refractivity contribution < 1.29 is 33.9 Å². The number of aliphatic carboxylic acids is 1. The second kappa shape index (κ2) is 12.2. The zero-order valence-electron chi connectivity index (χ0n) is 21.7. The molecule has 4 amide bonds. The molecule has 0 bridgehead atoms. The molecule has 0 unspecified atom stereocenters. The lowest BCUT2D eigenvalue weighted by Gasteiger charge is -2.35. The summed E-state index contributed by atoms with van der Waals surface area (Å²) in [6.45, 7) is 0.929. The smallest absolute Gasteiger partial charge is 0.305 e. The number of para-hydroxylation sites is 2. The van der Waals surface area contributed by atoms with Crippen LogP contribution in [-0.2, 0) is 24.0 Å². The van der Waals surface area contributed by atoms with E-state index in [0.717, 1.165) is 10.3 Å². The Hall–Kier alpha value is -5.06. The first-order valence-electron chi connectivity index (χ1n) is 12.6. The number of hydrogen-bond donors (Lipinski definition) is 3. The van der Waals surface area contributed by atoms with Crippen LogP contribution in [-0.4, -0.2) is 66.2 Å². The van der Waals surface area contributed by atoms with Crippen LogP contribution in [0.25, 0.3) is 10.8 Å². The zero-order chi connectivity index (χ0) is 28.8. The molecule has 3 aromatic carbocycles. The molecule has 0 aromatic heterocycles. The Morgan fingerprint density at radius 3 is 2.38 bits per heavy atom. The number of anilines is 2. The maximum atomic E-state index is 13.9. The minimum absolute atomic E-state index is 0.0668. The third-order valence-electron chi connectivity index (χ3n) is 6.60. The van der Waals surface area contributed by atoms with Gasteiger partial charge in [0.05, 0.1) is 23.8 Å². The third kappa shape index (κ3) is 6.15. The number of carboxylic acids is 1. The van der Waals surface area contributed by atoms with Crippen molar-refractivity contribution in [2.45, 2.75) is 31.8 Å². The van der Waals surface area contributed by atoms with Crippen LogP contribution < -0.4 is 20.4 Å². The highest BCUT2D eigenvalue weighted by Crippen LogP contribution is 2.32. The van der Waals surface area contributed by atoms with Crippen molar-refractivity contribution in [1.82, 2.24) is 10.6 Å². The highest BCUT2D eigenvalue weighted by molar-refractivity contribution is 6.11. The molecule has 0 spiro atoms. The lowest BCUT2D eigenvalue weighted by molar-refractivity contribution is -0.139. The van der Waals surface area contributed by atoms with Crippen LogP contribution in [0.5, 0.6) is 0 Å². The molecule has 0 radical (unpaired) electrons. The molecule has 2 atom stereocenters. The van der Waals surface area contributed by atoms with Gasteiger partial charge in [0.15, 0.2) is 0 Å². The van der Waals surface area contributed by atoms with Crippen LogP contribution in [0.4, 0.5) is 11.4 Å². The predicted octanol–water partition coefficient (Wildman–Crippen LogP) is 1.89. The highest BCUT2D eigenvalue weighted by Gasteiger charge is 2.34. The predicted molar refractivity (Wildman–Crippen MR) is 147 cm³/mol. The Kier molecular flexibility index (Phi) is 8.53. The van der Waals surface area contributed by atoms with E-state index in [1.54, 1.807) is 48.5 Å². The number of amides is 4. The molecule has 0 aliphatic carbocycles. The maximum absolute atomic E-state index is 13.9. The molecule has 3 aromatic rings. The normalized spacial score (nSPS) is 15.8. The molecule has 11 heteroatoms. The lowest BCUT2D eigenvalue weighted by Crippen LogP contribution is -2.55. The largest absolute Gasteiger partial charge is 0.481 e. The summed E-state index contributed by atoms with van der Waals surface area (Å²) < 4.78 is 0. The number of carbonyl (C=O) groups is 6. The van der Waals surface area contributed by atoms with E-state index in [4.69, 9.17) is 5.11 Å². The van der Waals surface area contributed by atoms with Crippen molar-refractivity contribution >= 4 is 58.0 Å². The van der Waals surface area contributed by atoms with Crippen molar-refractivity contribution in [3.05, 3.63) is 72.3 Å². The molecule has 0 saturated heterocycles. The number of rotatable bonds is 8. The SMILES string of the molecule is CC(=O)N1CC[C@H](NC(=O)c2cccc3ccccc23)C(=O)N(CC(=O)N[C@H](C=O)CC(=O)O)c2ccccc21. The summed E-state index contributed by atoms with van der Waals surface area (Å²) in [7, 11) is 0. The fraction of sp³-hybridized carbons (Fsp3) is 0.241.